The summed E-state index contributed by atoms with van der Waals surface area (Å²) in [5.74, 6) is 6.95. The first kappa shape index (κ1) is 16.5. The van der Waals surface area contributed by atoms with Crippen molar-refractivity contribution in [3.63, 3.8) is 0 Å². The van der Waals surface area contributed by atoms with E-state index < -0.39 is 6.17 Å². The van der Waals surface area contributed by atoms with E-state index in [1.807, 2.05) is 25.1 Å². The summed E-state index contributed by atoms with van der Waals surface area (Å²) < 4.78 is 13.2. The Balaban J connectivity index is 1.66. The Morgan fingerprint density at radius 2 is 1.38 bits per heavy atom. The summed E-state index contributed by atoms with van der Waals surface area (Å²) in [5, 5.41) is 0. The average molecular weight is 318 g/mol. The highest BCUT2D eigenvalue weighted by atomic mass is 19.1. The third-order valence-electron chi connectivity index (χ3n) is 4.66. The molecule has 1 aliphatic carbocycles. The fourth-order valence-electron chi connectivity index (χ4n) is 3.24. The minimum atomic E-state index is -0.592. The molecule has 0 amide bonds. The minimum absolute atomic E-state index is 0.512. The Bertz CT molecular complexity index is 733. The van der Waals surface area contributed by atoms with Crippen LogP contribution in [0.15, 0.2) is 54.6 Å². The lowest BCUT2D eigenvalue weighted by atomic mass is 9.83. The van der Waals surface area contributed by atoms with E-state index in [1.165, 1.54) is 11.1 Å². The Hall–Kier alpha value is -2.33. The van der Waals surface area contributed by atoms with Gasteiger partial charge in [-0.05, 0) is 73.9 Å². The Labute approximate surface area is 144 Å². The molecule has 0 saturated heterocycles. The van der Waals surface area contributed by atoms with E-state index in [2.05, 4.69) is 54.3 Å². The van der Waals surface area contributed by atoms with Crippen LogP contribution in [0.2, 0.25) is 0 Å². The zero-order valence-electron chi connectivity index (χ0n) is 14.1. The summed E-state index contributed by atoms with van der Waals surface area (Å²) in [4.78, 5) is 0. The molecule has 0 radical (unpaired) electrons. The van der Waals surface area contributed by atoms with Crippen LogP contribution in [0.3, 0.4) is 0 Å². The van der Waals surface area contributed by atoms with Gasteiger partial charge in [0.2, 0.25) is 0 Å². The monoisotopic (exact) mass is 318 g/mol. The lowest BCUT2D eigenvalue weighted by molar-refractivity contribution is 0.235. The van der Waals surface area contributed by atoms with Gasteiger partial charge in [-0.2, -0.15) is 0 Å². The summed E-state index contributed by atoms with van der Waals surface area (Å²) >= 11 is 0. The largest absolute Gasteiger partial charge is 0.247 e. The topological polar surface area (TPSA) is 0 Å². The van der Waals surface area contributed by atoms with Crippen LogP contribution >= 0.6 is 0 Å². The van der Waals surface area contributed by atoms with Gasteiger partial charge in [-0.15, -0.1) is 0 Å². The van der Waals surface area contributed by atoms with Crippen molar-refractivity contribution in [1.29, 1.82) is 0 Å². The van der Waals surface area contributed by atoms with Gasteiger partial charge in [-0.3, -0.25) is 0 Å². The third kappa shape index (κ3) is 4.36. The van der Waals surface area contributed by atoms with Crippen LogP contribution in [0.1, 0.15) is 60.8 Å². The third-order valence-corrected chi connectivity index (χ3v) is 4.66. The van der Waals surface area contributed by atoms with Gasteiger partial charge < -0.3 is 0 Å². The molecule has 0 aromatic heterocycles. The van der Waals surface area contributed by atoms with Gasteiger partial charge in [-0.25, -0.2) is 4.39 Å². The molecule has 0 atom stereocenters. The fourth-order valence-corrected chi connectivity index (χ4v) is 3.24. The SMILES string of the molecule is C/C=C/c1ccc(C#Cc2ccc(C3CCC(F)CC3)cc2)cc1. The normalized spacial score (nSPS) is 20.6. The van der Waals surface area contributed by atoms with E-state index in [-0.39, 0.29) is 0 Å². The van der Waals surface area contributed by atoms with Gasteiger partial charge in [0.15, 0.2) is 0 Å². The number of rotatable bonds is 2. The molecule has 0 unspecified atom stereocenters. The summed E-state index contributed by atoms with van der Waals surface area (Å²) in [7, 11) is 0. The molecule has 1 heteroatoms. The van der Waals surface area contributed by atoms with Crippen LogP contribution in [-0.4, -0.2) is 6.17 Å². The van der Waals surface area contributed by atoms with Crippen LogP contribution in [0.5, 0.6) is 0 Å². The molecule has 3 rings (SSSR count). The zero-order valence-corrected chi connectivity index (χ0v) is 14.1. The van der Waals surface area contributed by atoms with E-state index in [0.29, 0.717) is 18.8 Å². The molecule has 0 N–H and O–H groups in total. The second kappa shape index (κ2) is 7.97. The van der Waals surface area contributed by atoms with E-state index in [1.54, 1.807) is 0 Å². The number of alkyl halides is 1. The second-order valence-corrected chi connectivity index (χ2v) is 6.44. The van der Waals surface area contributed by atoms with Crippen molar-refractivity contribution in [3.8, 4) is 11.8 Å². The first-order valence-corrected chi connectivity index (χ1v) is 8.73. The van der Waals surface area contributed by atoms with Crippen LogP contribution in [0, 0.1) is 11.8 Å². The highest BCUT2D eigenvalue weighted by molar-refractivity contribution is 5.52. The first-order valence-electron chi connectivity index (χ1n) is 8.73. The lowest BCUT2D eigenvalue weighted by Gasteiger charge is -2.24. The Kier molecular flexibility index (Phi) is 5.49. The van der Waals surface area contributed by atoms with Crippen LogP contribution in [0.4, 0.5) is 4.39 Å². The summed E-state index contributed by atoms with van der Waals surface area (Å²) in [6.45, 7) is 2.01. The molecule has 1 fully saturated rings. The number of benzene rings is 2. The minimum Gasteiger partial charge on any atom is -0.247 e. The van der Waals surface area contributed by atoms with E-state index in [4.69, 9.17) is 0 Å². The second-order valence-electron chi connectivity index (χ2n) is 6.44. The van der Waals surface area contributed by atoms with Crippen molar-refractivity contribution in [2.24, 2.45) is 0 Å². The lowest BCUT2D eigenvalue weighted by Crippen LogP contribution is -2.13. The summed E-state index contributed by atoms with van der Waals surface area (Å²) in [6, 6.07) is 16.7. The first-order chi connectivity index (χ1) is 11.7. The molecule has 0 nitrogen and oxygen atoms in total. The van der Waals surface area contributed by atoms with Gasteiger partial charge in [0.1, 0.15) is 6.17 Å². The fraction of sp³-hybridized carbons (Fsp3) is 0.304. The number of halogens is 1. The van der Waals surface area contributed by atoms with Crippen LogP contribution in [0.25, 0.3) is 6.08 Å². The maximum absolute atomic E-state index is 13.2. The molecular formula is C23H23F. The van der Waals surface area contributed by atoms with E-state index >= 15 is 0 Å². The molecule has 1 aliphatic rings. The smallest absolute Gasteiger partial charge is 0.100 e. The molecule has 1 saturated carbocycles. The number of hydrogen-bond donors (Lipinski definition) is 0. The molecule has 24 heavy (non-hydrogen) atoms. The Morgan fingerprint density at radius 3 is 1.92 bits per heavy atom. The van der Waals surface area contributed by atoms with Crippen LogP contribution in [-0.2, 0) is 0 Å². The molecular weight excluding hydrogens is 295 g/mol. The highest BCUT2D eigenvalue weighted by Gasteiger charge is 2.21. The quantitative estimate of drug-likeness (QED) is 0.586. The summed E-state index contributed by atoms with van der Waals surface area (Å²) in [6.07, 6.45) is 6.85. The highest BCUT2D eigenvalue weighted by Crippen LogP contribution is 2.33. The molecule has 2 aromatic carbocycles. The molecule has 0 heterocycles. The van der Waals surface area contributed by atoms with Crippen molar-refractivity contribution in [1.82, 2.24) is 0 Å². The molecule has 122 valence electrons. The van der Waals surface area contributed by atoms with Crippen molar-refractivity contribution in [2.75, 3.05) is 0 Å². The zero-order chi connectivity index (χ0) is 16.8. The van der Waals surface area contributed by atoms with Gasteiger partial charge in [0.25, 0.3) is 0 Å². The predicted octanol–water partition coefficient (Wildman–Crippen LogP) is 6.12. The van der Waals surface area contributed by atoms with Crippen molar-refractivity contribution in [3.05, 3.63) is 76.9 Å². The van der Waals surface area contributed by atoms with Crippen LogP contribution < -0.4 is 0 Å². The van der Waals surface area contributed by atoms with Gasteiger partial charge >= 0.3 is 0 Å². The van der Waals surface area contributed by atoms with Gasteiger partial charge in [0, 0.05) is 11.1 Å². The number of hydrogen-bond acceptors (Lipinski definition) is 0. The molecule has 0 spiro atoms. The number of allylic oxidation sites excluding steroid dienone is 1. The average Bonchev–Trinajstić information content (AvgIpc) is 2.63. The Morgan fingerprint density at radius 1 is 0.833 bits per heavy atom. The van der Waals surface area contributed by atoms with Crippen molar-refractivity contribution >= 4 is 6.08 Å². The van der Waals surface area contributed by atoms with Gasteiger partial charge in [0.05, 0.1) is 0 Å². The summed E-state index contributed by atoms with van der Waals surface area (Å²) in [5.41, 5.74) is 4.56. The predicted molar refractivity (Wildman–Crippen MR) is 99.7 cm³/mol. The van der Waals surface area contributed by atoms with E-state index in [0.717, 1.165) is 24.0 Å². The standard InChI is InChI=1S/C23H23F/c1-2-3-18-4-6-19(7-5-18)8-9-20-10-12-21(13-11-20)22-14-16-23(24)17-15-22/h2-7,10-13,22-23H,14-17H2,1H3/b3-2+. The molecule has 0 aliphatic heterocycles. The molecule has 2 aromatic rings. The van der Waals surface area contributed by atoms with Crippen molar-refractivity contribution in [2.45, 2.75) is 44.7 Å². The maximum atomic E-state index is 13.2. The van der Waals surface area contributed by atoms with Gasteiger partial charge in [-0.1, -0.05) is 48.3 Å². The van der Waals surface area contributed by atoms with Crippen molar-refractivity contribution < 1.29 is 4.39 Å². The molecule has 0 bridgehead atoms. The van der Waals surface area contributed by atoms with E-state index in [9.17, 15) is 4.39 Å². The maximum Gasteiger partial charge on any atom is 0.100 e.